The molecular weight excluding hydrogens is 236 g/mol. The van der Waals surface area contributed by atoms with Crippen LogP contribution in [0.5, 0.6) is 0 Å². The number of halogens is 1. The second kappa shape index (κ2) is 7.04. The third-order valence-electron chi connectivity index (χ3n) is 3.11. The molecule has 2 rings (SSSR count). The van der Waals surface area contributed by atoms with Gasteiger partial charge in [-0.3, -0.25) is 4.90 Å². The van der Waals surface area contributed by atoms with Gasteiger partial charge in [0.25, 0.3) is 0 Å². The van der Waals surface area contributed by atoms with Crippen LogP contribution in [-0.4, -0.2) is 30.1 Å². The van der Waals surface area contributed by atoms with Gasteiger partial charge in [-0.2, -0.15) is 0 Å². The molecule has 1 heterocycles. The molecule has 1 aliphatic carbocycles. The molecule has 0 spiro atoms. The number of nitrogens with zero attached hydrogens (tertiary/aromatic N) is 1. The molecule has 98 valence electrons. The van der Waals surface area contributed by atoms with Crippen LogP contribution in [0.4, 0.5) is 0 Å². The summed E-state index contributed by atoms with van der Waals surface area (Å²) in [6, 6.07) is 5.46. The number of hydrogen-bond acceptors (Lipinski definition) is 3. The lowest BCUT2D eigenvalue weighted by atomic mass is 10.3. The van der Waals surface area contributed by atoms with E-state index >= 15 is 0 Å². The molecule has 1 aromatic heterocycles. The zero-order chi connectivity index (χ0) is 11.4. The highest BCUT2D eigenvalue weighted by Gasteiger charge is 2.29. The highest BCUT2D eigenvalue weighted by molar-refractivity contribution is 5.85. The highest BCUT2D eigenvalue weighted by atomic mass is 35.5. The minimum absolute atomic E-state index is 0. The van der Waals surface area contributed by atoms with E-state index in [-0.39, 0.29) is 12.4 Å². The molecule has 1 aliphatic rings. The normalized spacial score (nSPS) is 15.3. The van der Waals surface area contributed by atoms with E-state index in [0.717, 1.165) is 31.4 Å². The summed E-state index contributed by atoms with van der Waals surface area (Å²) in [5, 5.41) is 3.42. The fraction of sp³-hybridized carbons (Fsp3) is 0.692. The van der Waals surface area contributed by atoms with Crippen LogP contribution in [0.15, 0.2) is 22.8 Å². The van der Waals surface area contributed by atoms with Crippen LogP contribution in [0, 0.1) is 0 Å². The summed E-state index contributed by atoms with van der Waals surface area (Å²) in [5.74, 6) is 1.02. The van der Waals surface area contributed by atoms with Crippen LogP contribution in [0.2, 0.25) is 0 Å². The maximum atomic E-state index is 5.27. The van der Waals surface area contributed by atoms with Crippen molar-refractivity contribution < 1.29 is 4.42 Å². The predicted molar refractivity (Wildman–Crippen MR) is 72.5 cm³/mol. The predicted octanol–water partition coefficient (Wildman–Crippen LogP) is 2.66. The molecule has 0 amide bonds. The SMILES string of the molecule is CC(C)N(CCNCc1ccco1)C1CC1.Cl. The first-order chi connectivity index (χ1) is 7.77. The van der Waals surface area contributed by atoms with Crippen LogP contribution >= 0.6 is 12.4 Å². The summed E-state index contributed by atoms with van der Waals surface area (Å²) in [5.41, 5.74) is 0. The number of nitrogens with one attached hydrogen (secondary N) is 1. The Labute approximate surface area is 110 Å². The van der Waals surface area contributed by atoms with Crippen molar-refractivity contribution in [2.24, 2.45) is 0 Å². The minimum Gasteiger partial charge on any atom is -0.468 e. The fourth-order valence-corrected chi connectivity index (χ4v) is 2.10. The van der Waals surface area contributed by atoms with Gasteiger partial charge in [0.1, 0.15) is 5.76 Å². The zero-order valence-electron chi connectivity index (χ0n) is 10.7. The molecule has 1 saturated carbocycles. The largest absolute Gasteiger partial charge is 0.468 e. The minimum atomic E-state index is 0. The van der Waals surface area contributed by atoms with Gasteiger partial charge in [-0.25, -0.2) is 0 Å². The average Bonchev–Trinajstić information content (AvgIpc) is 2.94. The number of hydrogen-bond donors (Lipinski definition) is 1. The second-order valence-corrected chi connectivity index (χ2v) is 4.82. The van der Waals surface area contributed by atoms with Crippen LogP contribution in [0.3, 0.4) is 0 Å². The van der Waals surface area contributed by atoms with E-state index in [9.17, 15) is 0 Å². The quantitative estimate of drug-likeness (QED) is 0.763. The number of furan rings is 1. The van der Waals surface area contributed by atoms with Crippen molar-refractivity contribution in [3.8, 4) is 0 Å². The Hall–Kier alpha value is -0.510. The molecule has 17 heavy (non-hydrogen) atoms. The van der Waals surface area contributed by atoms with Gasteiger partial charge in [-0.05, 0) is 38.8 Å². The summed E-state index contributed by atoms with van der Waals surface area (Å²) in [7, 11) is 0. The summed E-state index contributed by atoms with van der Waals surface area (Å²) >= 11 is 0. The van der Waals surface area contributed by atoms with Crippen LogP contribution in [0.1, 0.15) is 32.4 Å². The summed E-state index contributed by atoms with van der Waals surface area (Å²) < 4.78 is 5.27. The van der Waals surface area contributed by atoms with E-state index in [1.807, 2.05) is 12.1 Å². The monoisotopic (exact) mass is 258 g/mol. The summed E-state index contributed by atoms with van der Waals surface area (Å²) in [4.78, 5) is 2.59. The second-order valence-electron chi connectivity index (χ2n) is 4.82. The molecule has 1 fully saturated rings. The molecule has 0 bridgehead atoms. The van der Waals surface area contributed by atoms with Crippen molar-refractivity contribution in [2.75, 3.05) is 13.1 Å². The van der Waals surface area contributed by atoms with E-state index in [0.29, 0.717) is 6.04 Å². The maximum Gasteiger partial charge on any atom is 0.117 e. The van der Waals surface area contributed by atoms with Gasteiger partial charge in [0.05, 0.1) is 12.8 Å². The molecule has 0 atom stereocenters. The van der Waals surface area contributed by atoms with E-state index in [2.05, 4.69) is 24.1 Å². The van der Waals surface area contributed by atoms with Crippen molar-refractivity contribution in [2.45, 2.75) is 45.3 Å². The lowest BCUT2D eigenvalue weighted by Gasteiger charge is -2.26. The Morgan fingerprint density at radius 2 is 2.24 bits per heavy atom. The molecule has 4 heteroatoms. The molecule has 0 aromatic carbocycles. The van der Waals surface area contributed by atoms with Crippen LogP contribution in [-0.2, 0) is 6.54 Å². The van der Waals surface area contributed by atoms with Gasteiger partial charge in [-0.15, -0.1) is 12.4 Å². The zero-order valence-corrected chi connectivity index (χ0v) is 11.5. The molecule has 0 radical (unpaired) electrons. The Morgan fingerprint density at radius 1 is 1.47 bits per heavy atom. The Kier molecular flexibility index (Phi) is 6.03. The van der Waals surface area contributed by atoms with Crippen molar-refractivity contribution in [3.05, 3.63) is 24.2 Å². The molecule has 0 aliphatic heterocycles. The highest BCUT2D eigenvalue weighted by Crippen LogP contribution is 2.27. The molecule has 0 saturated heterocycles. The number of rotatable bonds is 7. The van der Waals surface area contributed by atoms with Crippen molar-refractivity contribution in [1.82, 2.24) is 10.2 Å². The van der Waals surface area contributed by atoms with Crippen LogP contribution < -0.4 is 5.32 Å². The fourth-order valence-electron chi connectivity index (χ4n) is 2.10. The van der Waals surface area contributed by atoms with Gasteiger partial charge in [0, 0.05) is 25.2 Å². The summed E-state index contributed by atoms with van der Waals surface area (Å²) in [6.07, 6.45) is 4.49. The maximum absolute atomic E-state index is 5.27. The Morgan fingerprint density at radius 3 is 2.76 bits per heavy atom. The standard InChI is InChI=1S/C13H22N2O.ClH/c1-11(2)15(12-5-6-12)8-7-14-10-13-4-3-9-16-13;/h3-4,9,11-12,14H,5-8,10H2,1-2H3;1H. The van der Waals surface area contributed by atoms with E-state index in [1.54, 1.807) is 6.26 Å². The van der Waals surface area contributed by atoms with E-state index in [4.69, 9.17) is 4.42 Å². The van der Waals surface area contributed by atoms with Crippen molar-refractivity contribution in [3.63, 3.8) is 0 Å². The third-order valence-corrected chi connectivity index (χ3v) is 3.11. The van der Waals surface area contributed by atoms with Crippen molar-refractivity contribution >= 4 is 12.4 Å². The summed E-state index contributed by atoms with van der Waals surface area (Å²) in [6.45, 7) is 7.58. The third kappa shape index (κ3) is 4.70. The van der Waals surface area contributed by atoms with E-state index < -0.39 is 0 Å². The molecular formula is C13H23ClN2O. The van der Waals surface area contributed by atoms with Gasteiger partial charge < -0.3 is 9.73 Å². The Balaban J connectivity index is 0.00000144. The van der Waals surface area contributed by atoms with Crippen molar-refractivity contribution in [1.29, 1.82) is 0 Å². The first-order valence-electron chi connectivity index (χ1n) is 6.26. The Bertz CT molecular complexity index is 294. The molecule has 1 aromatic rings. The lowest BCUT2D eigenvalue weighted by Crippen LogP contribution is -2.38. The van der Waals surface area contributed by atoms with Gasteiger partial charge in [0.15, 0.2) is 0 Å². The average molecular weight is 259 g/mol. The molecule has 3 nitrogen and oxygen atoms in total. The van der Waals surface area contributed by atoms with E-state index in [1.165, 1.54) is 12.8 Å². The first kappa shape index (κ1) is 14.6. The van der Waals surface area contributed by atoms with Gasteiger partial charge in [-0.1, -0.05) is 0 Å². The lowest BCUT2D eigenvalue weighted by molar-refractivity contribution is 0.211. The van der Waals surface area contributed by atoms with Gasteiger partial charge >= 0.3 is 0 Å². The van der Waals surface area contributed by atoms with Crippen LogP contribution in [0.25, 0.3) is 0 Å². The first-order valence-corrected chi connectivity index (χ1v) is 6.26. The molecule has 0 unspecified atom stereocenters. The topological polar surface area (TPSA) is 28.4 Å². The molecule has 1 N–H and O–H groups in total. The smallest absolute Gasteiger partial charge is 0.117 e. The van der Waals surface area contributed by atoms with Gasteiger partial charge in [0.2, 0.25) is 0 Å².